The first kappa shape index (κ1) is 18.4. The lowest BCUT2D eigenvalue weighted by molar-refractivity contribution is 0.102. The Morgan fingerprint density at radius 3 is 2.69 bits per heavy atom. The van der Waals surface area contributed by atoms with Crippen molar-refractivity contribution >= 4 is 17.5 Å². The maximum Gasteiger partial charge on any atom is 0.209 e. The van der Waals surface area contributed by atoms with E-state index >= 15 is 0 Å². The molecule has 0 saturated heterocycles. The first-order chi connectivity index (χ1) is 12.4. The molecule has 9 heteroatoms. The SMILES string of the molecule is Cc1cc(-n2c(C)cc(C(=O)CSc3nnnn3CC(C)C)c2C)no1. The molecular formula is C17H22N6O2S. The smallest absolute Gasteiger partial charge is 0.209 e. The monoisotopic (exact) mass is 374 g/mol. The molecule has 0 atom stereocenters. The van der Waals surface area contributed by atoms with Gasteiger partial charge in [0, 0.05) is 29.6 Å². The standard InChI is InChI=1S/C17H22N6O2S/c1-10(2)8-22-17(18-20-21-22)26-9-15(24)14-6-11(3)23(13(14)5)16-7-12(4)25-19-16/h6-7,10H,8-9H2,1-5H3. The van der Waals surface area contributed by atoms with Crippen molar-refractivity contribution in [1.29, 1.82) is 0 Å². The Morgan fingerprint density at radius 2 is 2.04 bits per heavy atom. The minimum atomic E-state index is 0.0358. The molecule has 3 heterocycles. The van der Waals surface area contributed by atoms with Crippen LogP contribution in [0, 0.1) is 26.7 Å². The van der Waals surface area contributed by atoms with E-state index in [-0.39, 0.29) is 11.5 Å². The zero-order valence-corrected chi connectivity index (χ0v) is 16.4. The fourth-order valence-electron chi connectivity index (χ4n) is 2.82. The molecule has 0 aliphatic heterocycles. The van der Waals surface area contributed by atoms with Gasteiger partial charge in [0.05, 0.1) is 5.75 Å². The lowest BCUT2D eigenvalue weighted by Crippen LogP contribution is -2.10. The zero-order valence-electron chi connectivity index (χ0n) is 15.6. The van der Waals surface area contributed by atoms with Gasteiger partial charge in [-0.05, 0) is 43.2 Å². The summed E-state index contributed by atoms with van der Waals surface area (Å²) >= 11 is 1.36. The highest BCUT2D eigenvalue weighted by Crippen LogP contribution is 2.23. The number of carbonyl (C=O) groups is 1. The van der Waals surface area contributed by atoms with Crippen LogP contribution in [-0.4, -0.2) is 41.5 Å². The molecule has 0 aliphatic carbocycles. The molecule has 3 rings (SSSR count). The van der Waals surface area contributed by atoms with Gasteiger partial charge in [0.15, 0.2) is 11.6 Å². The zero-order chi connectivity index (χ0) is 18.8. The number of Topliss-reactive ketones (excluding diaryl/α,β-unsaturated/α-hetero) is 1. The van der Waals surface area contributed by atoms with Gasteiger partial charge in [-0.1, -0.05) is 30.8 Å². The van der Waals surface area contributed by atoms with Crippen LogP contribution in [0.15, 0.2) is 21.8 Å². The molecule has 26 heavy (non-hydrogen) atoms. The van der Waals surface area contributed by atoms with Gasteiger partial charge in [-0.2, -0.15) is 0 Å². The van der Waals surface area contributed by atoms with E-state index in [1.54, 1.807) is 4.68 Å². The highest BCUT2D eigenvalue weighted by molar-refractivity contribution is 7.99. The number of tetrazole rings is 1. The minimum absolute atomic E-state index is 0.0358. The molecule has 0 fully saturated rings. The van der Waals surface area contributed by atoms with Crippen molar-refractivity contribution in [3.05, 3.63) is 34.8 Å². The predicted octanol–water partition coefficient (Wildman–Crippen LogP) is 3.01. The fraction of sp³-hybridized carbons (Fsp3) is 0.471. The summed E-state index contributed by atoms with van der Waals surface area (Å²) in [7, 11) is 0. The first-order valence-corrected chi connectivity index (χ1v) is 9.40. The third-order valence-corrected chi connectivity index (χ3v) is 4.90. The number of rotatable bonds is 7. The van der Waals surface area contributed by atoms with Crippen molar-refractivity contribution in [3.8, 4) is 5.82 Å². The molecule has 0 unspecified atom stereocenters. The van der Waals surface area contributed by atoms with Crippen LogP contribution < -0.4 is 0 Å². The van der Waals surface area contributed by atoms with Crippen LogP contribution in [0.2, 0.25) is 0 Å². The fourth-order valence-corrected chi connectivity index (χ4v) is 3.59. The van der Waals surface area contributed by atoms with Crippen LogP contribution in [-0.2, 0) is 6.54 Å². The molecule has 3 aromatic heterocycles. The summed E-state index contributed by atoms with van der Waals surface area (Å²) in [4.78, 5) is 12.7. The summed E-state index contributed by atoms with van der Waals surface area (Å²) in [6.45, 7) is 10.6. The lowest BCUT2D eigenvalue weighted by Gasteiger charge is -2.07. The third kappa shape index (κ3) is 3.72. The third-order valence-electron chi connectivity index (χ3n) is 3.95. The molecule has 8 nitrogen and oxygen atoms in total. The normalized spacial score (nSPS) is 11.5. The maximum absolute atomic E-state index is 12.7. The van der Waals surface area contributed by atoms with Gasteiger partial charge in [0.25, 0.3) is 0 Å². The second-order valence-corrected chi connectivity index (χ2v) is 7.61. The quantitative estimate of drug-likeness (QED) is 0.464. The van der Waals surface area contributed by atoms with Crippen LogP contribution in [0.5, 0.6) is 0 Å². The van der Waals surface area contributed by atoms with E-state index in [0.29, 0.717) is 22.5 Å². The van der Waals surface area contributed by atoms with E-state index in [2.05, 4.69) is 34.5 Å². The van der Waals surface area contributed by atoms with Crippen molar-refractivity contribution in [1.82, 2.24) is 29.9 Å². The average Bonchev–Trinajstić information content (AvgIpc) is 3.25. The topological polar surface area (TPSA) is 91.6 Å². The Morgan fingerprint density at radius 1 is 1.27 bits per heavy atom. The summed E-state index contributed by atoms with van der Waals surface area (Å²) in [5, 5.41) is 16.4. The Bertz CT molecular complexity index is 924. The Labute approximate surface area is 155 Å². The van der Waals surface area contributed by atoms with E-state index in [0.717, 1.165) is 23.7 Å². The largest absolute Gasteiger partial charge is 0.360 e. The molecule has 138 valence electrons. The predicted molar refractivity (Wildman–Crippen MR) is 97.8 cm³/mol. The summed E-state index contributed by atoms with van der Waals surface area (Å²) in [6.07, 6.45) is 0. The van der Waals surface area contributed by atoms with Gasteiger partial charge in [-0.3, -0.25) is 9.36 Å². The Hall–Kier alpha value is -2.42. The van der Waals surface area contributed by atoms with E-state index in [9.17, 15) is 4.79 Å². The second kappa shape index (κ2) is 7.45. The molecule has 0 bridgehead atoms. The van der Waals surface area contributed by atoms with Crippen molar-refractivity contribution < 1.29 is 9.32 Å². The number of hydrogen-bond donors (Lipinski definition) is 0. The van der Waals surface area contributed by atoms with Crippen molar-refractivity contribution in [2.75, 3.05) is 5.75 Å². The number of thioether (sulfide) groups is 1. The molecule has 0 spiro atoms. The Balaban J connectivity index is 1.76. The van der Waals surface area contributed by atoms with Crippen molar-refractivity contribution in [2.24, 2.45) is 5.92 Å². The van der Waals surface area contributed by atoms with Crippen LogP contribution in [0.1, 0.15) is 41.4 Å². The molecule has 0 aromatic carbocycles. The van der Waals surface area contributed by atoms with Crippen LogP contribution in [0.4, 0.5) is 0 Å². The van der Waals surface area contributed by atoms with Gasteiger partial charge in [-0.15, -0.1) is 5.10 Å². The van der Waals surface area contributed by atoms with Gasteiger partial charge < -0.3 is 4.52 Å². The lowest BCUT2D eigenvalue weighted by atomic mass is 10.2. The van der Waals surface area contributed by atoms with E-state index in [1.165, 1.54) is 11.8 Å². The average molecular weight is 374 g/mol. The van der Waals surface area contributed by atoms with Gasteiger partial charge in [0.2, 0.25) is 5.16 Å². The molecular weight excluding hydrogens is 352 g/mol. The van der Waals surface area contributed by atoms with Gasteiger partial charge in [0.1, 0.15) is 5.76 Å². The summed E-state index contributed by atoms with van der Waals surface area (Å²) in [6, 6.07) is 3.74. The first-order valence-electron chi connectivity index (χ1n) is 8.41. The Kier molecular flexibility index (Phi) is 5.26. The van der Waals surface area contributed by atoms with E-state index < -0.39 is 0 Å². The summed E-state index contributed by atoms with van der Waals surface area (Å²) in [5.41, 5.74) is 2.47. The van der Waals surface area contributed by atoms with Crippen molar-refractivity contribution in [2.45, 2.75) is 46.3 Å². The molecule has 3 aromatic rings. The van der Waals surface area contributed by atoms with Gasteiger partial charge in [-0.25, -0.2) is 4.68 Å². The van der Waals surface area contributed by atoms with E-state index in [1.807, 2.05) is 37.5 Å². The molecule has 0 aliphatic rings. The number of hydrogen-bond acceptors (Lipinski definition) is 7. The molecule has 0 saturated carbocycles. The maximum atomic E-state index is 12.7. The number of aryl methyl sites for hydroxylation is 2. The second-order valence-electron chi connectivity index (χ2n) is 6.67. The summed E-state index contributed by atoms with van der Waals surface area (Å²) < 4.78 is 8.82. The molecule has 0 amide bonds. The van der Waals surface area contributed by atoms with Crippen LogP contribution in [0.3, 0.4) is 0 Å². The minimum Gasteiger partial charge on any atom is -0.360 e. The number of nitrogens with zero attached hydrogens (tertiary/aromatic N) is 6. The highest BCUT2D eigenvalue weighted by atomic mass is 32.2. The number of aromatic nitrogens is 6. The molecule has 0 N–H and O–H groups in total. The summed E-state index contributed by atoms with van der Waals surface area (Å²) in [5.74, 6) is 2.16. The van der Waals surface area contributed by atoms with Crippen LogP contribution >= 0.6 is 11.8 Å². The van der Waals surface area contributed by atoms with E-state index in [4.69, 9.17) is 4.52 Å². The number of carbonyl (C=O) groups excluding carboxylic acids is 1. The van der Waals surface area contributed by atoms with Crippen LogP contribution in [0.25, 0.3) is 5.82 Å². The van der Waals surface area contributed by atoms with Gasteiger partial charge >= 0.3 is 0 Å². The number of ketones is 1. The highest BCUT2D eigenvalue weighted by Gasteiger charge is 2.19. The molecule has 0 radical (unpaired) electrons. The van der Waals surface area contributed by atoms with Crippen molar-refractivity contribution in [3.63, 3.8) is 0 Å².